The lowest BCUT2D eigenvalue weighted by Crippen LogP contribution is -2.40. The maximum atomic E-state index is 13.3. The summed E-state index contributed by atoms with van der Waals surface area (Å²) in [5.74, 6) is 0.218. The van der Waals surface area contributed by atoms with Crippen molar-refractivity contribution in [2.24, 2.45) is 0 Å². The minimum Gasteiger partial charge on any atom is -0.437 e. The molecule has 3 heterocycles. The summed E-state index contributed by atoms with van der Waals surface area (Å²) in [5, 5.41) is 6.37. The zero-order valence-corrected chi connectivity index (χ0v) is 16.1. The Balaban J connectivity index is 1.68. The van der Waals surface area contributed by atoms with E-state index in [0.717, 1.165) is 11.3 Å². The second kappa shape index (κ2) is 7.37. The Morgan fingerprint density at radius 2 is 2.14 bits per heavy atom. The van der Waals surface area contributed by atoms with Gasteiger partial charge in [0, 0.05) is 11.6 Å². The van der Waals surface area contributed by atoms with Crippen molar-refractivity contribution in [1.82, 2.24) is 20.2 Å². The summed E-state index contributed by atoms with van der Waals surface area (Å²) in [6.07, 6.45) is 3.45. The van der Waals surface area contributed by atoms with Crippen LogP contribution in [-0.4, -0.2) is 26.2 Å². The molecule has 1 aromatic carbocycles. The van der Waals surface area contributed by atoms with E-state index < -0.39 is 11.4 Å². The number of aromatic amines is 1. The van der Waals surface area contributed by atoms with E-state index in [4.69, 9.17) is 27.9 Å². The molecule has 0 saturated carbocycles. The molecule has 7 nitrogen and oxygen atoms in total. The van der Waals surface area contributed by atoms with Crippen molar-refractivity contribution in [3.8, 4) is 11.6 Å². The number of halogens is 3. The summed E-state index contributed by atoms with van der Waals surface area (Å²) < 4.78 is 19.1. The van der Waals surface area contributed by atoms with E-state index in [1.165, 1.54) is 30.7 Å². The zero-order chi connectivity index (χ0) is 19.8. The third-order valence-electron chi connectivity index (χ3n) is 4.53. The number of H-pyrrole nitrogens is 1. The van der Waals surface area contributed by atoms with Gasteiger partial charge in [0.1, 0.15) is 22.9 Å². The molecule has 144 valence electrons. The molecule has 0 unspecified atom stereocenters. The first kappa shape index (κ1) is 18.6. The molecule has 0 saturated heterocycles. The van der Waals surface area contributed by atoms with Crippen LogP contribution in [0.25, 0.3) is 0 Å². The van der Waals surface area contributed by atoms with Crippen LogP contribution in [0.2, 0.25) is 10.0 Å². The van der Waals surface area contributed by atoms with Crippen molar-refractivity contribution < 1.29 is 9.13 Å². The first-order valence-corrected chi connectivity index (χ1v) is 9.15. The highest BCUT2D eigenvalue weighted by molar-refractivity contribution is 6.33. The number of anilines is 1. The Morgan fingerprint density at radius 3 is 2.93 bits per heavy atom. The molecule has 4 rings (SSSR count). The number of nitrogens with one attached hydrogen (secondary N) is 1. The Kier molecular flexibility index (Phi) is 4.91. The molecule has 0 radical (unpaired) electrons. The van der Waals surface area contributed by atoms with E-state index in [1.807, 2.05) is 11.8 Å². The third-order valence-corrected chi connectivity index (χ3v) is 5.19. The third kappa shape index (κ3) is 3.41. The molecule has 0 aliphatic carbocycles. The summed E-state index contributed by atoms with van der Waals surface area (Å²) >= 11 is 12.2. The molecular formula is C18H14Cl2FN5O2. The van der Waals surface area contributed by atoms with E-state index >= 15 is 0 Å². The van der Waals surface area contributed by atoms with Gasteiger partial charge in [-0.15, -0.1) is 0 Å². The lowest BCUT2D eigenvalue weighted by atomic mass is 9.99. The van der Waals surface area contributed by atoms with Crippen molar-refractivity contribution in [3.63, 3.8) is 0 Å². The second-order valence-corrected chi connectivity index (χ2v) is 7.15. The fourth-order valence-corrected chi connectivity index (χ4v) is 3.55. The van der Waals surface area contributed by atoms with E-state index in [-0.39, 0.29) is 16.1 Å². The van der Waals surface area contributed by atoms with E-state index in [2.05, 4.69) is 20.2 Å². The zero-order valence-electron chi connectivity index (χ0n) is 14.6. The Bertz CT molecular complexity index is 1110. The predicted octanol–water partition coefficient (Wildman–Crippen LogP) is 3.75. The van der Waals surface area contributed by atoms with Crippen LogP contribution in [0.5, 0.6) is 11.6 Å². The van der Waals surface area contributed by atoms with E-state index in [1.54, 1.807) is 0 Å². The van der Waals surface area contributed by atoms with Gasteiger partial charge in [-0.25, -0.2) is 19.5 Å². The van der Waals surface area contributed by atoms with Gasteiger partial charge in [0.25, 0.3) is 5.56 Å². The van der Waals surface area contributed by atoms with Gasteiger partial charge in [-0.1, -0.05) is 23.2 Å². The number of nitrogens with zero attached hydrogens (tertiary/aromatic N) is 4. The lowest BCUT2D eigenvalue weighted by Gasteiger charge is -2.36. The van der Waals surface area contributed by atoms with Crippen LogP contribution in [0.1, 0.15) is 18.2 Å². The van der Waals surface area contributed by atoms with Crippen molar-refractivity contribution in [2.75, 3.05) is 4.90 Å². The van der Waals surface area contributed by atoms with Crippen LogP contribution in [0, 0.1) is 5.82 Å². The molecule has 1 aliphatic heterocycles. The second-order valence-electron chi connectivity index (χ2n) is 6.36. The molecule has 0 amide bonds. The van der Waals surface area contributed by atoms with Gasteiger partial charge in [-0.2, -0.15) is 5.10 Å². The first-order valence-electron chi connectivity index (χ1n) is 8.39. The van der Waals surface area contributed by atoms with Crippen molar-refractivity contribution in [1.29, 1.82) is 0 Å². The Hall–Kier alpha value is -2.71. The van der Waals surface area contributed by atoms with Crippen LogP contribution in [0.15, 0.2) is 35.5 Å². The molecular weight excluding hydrogens is 408 g/mol. The van der Waals surface area contributed by atoms with Gasteiger partial charge in [0.15, 0.2) is 0 Å². The molecule has 28 heavy (non-hydrogen) atoms. The normalized spacial score (nSPS) is 16.0. The van der Waals surface area contributed by atoms with Gasteiger partial charge < -0.3 is 9.64 Å². The SMILES string of the molecule is C[C@@H]1Cc2c(ncnc2Oc2ccc(F)cc2Cl)CN1c1cn[nH]c(=O)c1Cl. The van der Waals surface area contributed by atoms with Crippen molar-refractivity contribution >= 4 is 28.9 Å². The number of fused-ring (bicyclic) bond motifs is 1. The highest BCUT2D eigenvalue weighted by Crippen LogP contribution is 2.36. The van der Waals surface area contributed by atoms with E-state index in [9.17, 15) is 9.18 Å². The molecule has 0 fully saturated rings. The standard InChI is InChI=1S/C18H14Cl2FN5O2/c1-9-4-11-13(7-26(9)14-6-24-25-17(27)16(14)20)22-8-23-18(11)28-15-3-2-10(21)5-12(15)19/h2-3,5-6,8-9H,4,7H2,1H3,(H,25,27)/t9-/m1/s1. The number of ether oxygens (including phenoxy) is 1. The largest absolute Gasteiger partial charge is 0.437 e. The maximum Gasteiger partial charge on any atom is 0.285 e. The quantitative estimate of drug-likeness (QED) is 0.692. The van der Waals surface area contributed by atoms with Crippen LogP contribution in [-0.2, 0) is 13.0 Å². The molecule has 3 aromatic rings. The number of hydrogen-bond donors (Lipinski definition) is 1. The minimum absolute atomic E-state index is 0.0226. The topological polar surface area (TPSA) is 84.0 Å². The number of aromatic nitrogens is 4. The van der Waals surface area contributed by atoms with E-state index in [0.29, 0.717) is 30.3 Å². The molecule has 10 heteroatoms. The lowest BCUT2D eigenvalue weighted by molar-refractivity contribution is 0.441. The molecule has 2 aromatic heterocycles. The van der Waals surface area contributed by atoms with Crippen LogP contribution < -0.4 is 15.2 Å². The monoisotopic (exact) mass is 421 g/mol. The van der Waals surface area contributed by atoms with Gasteiger partial charge >= 0.3 is 0 Å². The number of hydrogen-bond acceptors (Lipinski definition) is 6. The van der Waals surface area contributed by atoms with Crippen molar-refractivity contribution in [3.05, 3.63) is 68.2 Å². The minimum atomic E-state index is -0.449. The van der Waals surface area contributed by atoms with Gasteiger partial charge in [0.05, 0.1) is 29.1 Å². The number of rotatable bonds is 3. The maximum absolute atomic E-state index is 13.3. The molecule has 1 aliphatic rings. The molecule has 0 spiro atoms. The Labute approximate surface area is 169 Å². The first-order chi connectivity index (χ1) is 13.4. The van der Waals surface area contributed by atoms with Crippen LogP contribution >= 0.6 is 23.2 Å². The predicted molar refractivity (Wildman–Crippen MR) is 103 cm³/mol. The summed E-state index contributed by atoms with van der Waals surface area (Å²) in [6, 6.07) is 3.87. The summed E-state index contributed by atoms with van der Waals surface area (Å²) in [7, 11) is 0. The molecule has 1 N–H and O–H groups in total. The average molecular weight is 422 g/mol. The summed E-state index contributed by atoms with van der Waals surface area (Å²) in [6.45, 7) is 2.39. The van der Waals surface area contributed by atoms with Gasteiger partial charge in [-0.05, 0) is 31.5 Å². The highest BCUT2D eigenvalue weighted by Gasteiger charge is 2.29. The summed E-state index contributed by atoms with van der Waals surface area (Å²) in [4.78, 5) is 22.3. The van der Waals surface area contributed by atoms with Gasteiger partial charge in [0.2, 0.25) is 5.88 Å². The molecule has 1 atom stereocenters. The van der Waals surface area contributed by atoms with Crippen LogP contribution in [0.4, 0.5) is 10.1 Å². The molecule has 0 bridgehead atoms. The smallest absolute Gasteiger partial charge is 0.285 e. The average Bonchev–Trinajstić information content (AvgIpc) is 2.66. The number of benzene rings is 1. The fraction of sp³-hybridized carbons (Fsp3) is 0.222. The van der Waals surface area contributed by atoms with Gasteiger partial charge in [-0.3, -0.25) is 4.79 Å². The highest BCUT2D eigenvalue weighted by atomic mass is 35.5. The van der Waals surface area contributed by atoms with Crippen LogP contribution in [0.3, 0.4) is 0 Å². The summed E-state index contributed by atoms with van der Waals surface area (Å²) in [5.41, 5.74) is 1.64. The Morgan fingerprint density at radius 1 is 1.32 bits per heavy atom. The fourth-order valence-electron chi connectivity index (χ4n) is 3.14. The van der Waals surface area contributed by atoms with Crippen molar-refractivity contribution in [2.45, 2.75) is 25.9 Å².